The summed E-state index contributed by atoms with van der Waals surface area (Å²) in [5, 5.41) is 3.28. The van der Waals surface area contributed by atoms with E-state index in [9.17, 15) is 4.91 Å². The molecule has 2 atom stereocenters. The molecule has 102 valence electrons. The van der Waals surface area contributed by atoms with Gasteiger partial charge in [0.05, 0.1) is 6.04 Å². The molecule has 0 saturated carbocycles. The fourth-order valence-corrected chi connectivity index (χ4v) is 3.49. The lowest BCUT2D eigenvalue weighted by atomic mass is 9.88. The molecule has 2 saturated heterocycles. The van der Waals surface area contributed by atoms with Gasteiger partial charge >= 0.3 is 0 Å². The number of likely N-dealkylation sites (tertiary alicyclic amines) is 1. The van der Waals surface area contributed by atoms with Crippen molar-refractivity contribution in [2.75, 3.05) is 20.1 Å². The van der Waals surface area contributed by atoms with E-state index >= 15 is 0 Å². The Kier molecular flexibility index (Phi) is 3.62. The lowest BCUT2D eigenvalue weighted by molar-refractivity contribution is -0.000259. The summed E-state index contributed by atoms with van der Waals surface area (Å²) in [6.07, 6.45) is 1.84. The van der Waals surface area contributed by atoms with Crippen LogP contribution in [0, 0.1) is 4.91 Å². The molecule has 0 spiro atoms. The zero-order valence-corrected chi connectivity index (χ0v) is 11.4. The lowest BCUT2D eigenvalue weighted by Gasteiger charge is -2.49. The first-order valence-corrected chi connectivity index (χ1v) is 7.07. The molecule has 2 fully saturated rings. The fraction of sp³-hybridized carbons (Fsp3) is 0.600. The van der Waals surface area contributed by atoms with Gasteiger partial charge in [-0.1, -0.05) is 35.5 Å². The second-order valence-corrected chi connectivity index (χ2v) is 5.88. The van der Waals surface area contributed by atoms with Crippen LogP contribution >= 0.6 is 0 Å². The van der Waals surface area contributed by atoms with Crippen LogP contribution in [0.2, 0.25) is 0 Å². The van der Waals surface area contributed by atoms with Crippen molar-refractivity contribution in [1.29, 1.82) is 0 Å². The van der Waals surface area contributed by atoms with Crippen molar-refractivity contribution >= 4 is 0 Å². The van der Waals surface area contributed by atoms with Gasteiger partial charge < -0.3 is 0 Å². The Morgan fingerprint density at radius 3 is 2.37 bits per heavy atom. The number of nitroso groups, excluding NO2 is 1. The highest BCUT2D eigenvalue weighted by Gasteiger charge is 2.39. The molecular formula is C15H21N3O. The number of nitrogens with zero attached hydrogens (tertiary/aromatic N) is 3. The average Bonchev–Trinajstić information content (AvgIpc) is 2.41. The molecule has 2 bridgehead atoms. The number of rotatable bonds is 3. The van der Waals surface area contributed by atoms with Gasteiger partial charge in [-0.3, -0.25) is 9.80 Å². The molecule has 19 heavy (non-hydrogen) atoms. The third-order valence-electron chi connectivity index (χ3n) is 4.58. The van der Waals surface area contributed by atoms with Crippen molar-refractivity contribution in [3.63, 3.8) is 0 Å². The minimum atomic E-state index is 0.0325. The molecular weight excluding hydrogens is 238 g/mol. The summed E-state index contributed by atoms with van der Waals surface area (Å²) in [6.45, 7) is 3.11. The SMILES string of the molecule is CN1C2CC(N=O)CC1CN(Cc1ccccc1)C2. The maximum absolute atomic E-state index is 10.8. The van der Waals surface area contributed by atoms with Crippen LogP contribution in [0.3, 0.4) is 0 Å². The zero-order valence-electron chi connectivity index (χ0n) is 11.4. The molecule has 0 aliphatic carbocycles. The predicted molar refractivity (Wildman–Crippen MR) is 75.9 cm³/mol. The van der Waals surface area contributed by atoms with Gasteiger partial charge in [-0.05, 0) is 25.5 Å². The summed E-state index contributed by atoms with van der Waals surface area (Å²) < 4.78 is 0. The van der Waals surface area contributed by atoms with Gasteiger partial charge in [0.1, 0.15) is 0 Å². The molecule has 2 unspecified atom stereocenters. The molecule has 1 aromatic carbocycles. The van der Waals surface area contributed by atoms with Gasteiger partial charge in [0, 0.05) is 31.7 Å². The van der Waals surface area contributed by atoms with Gasteiger partial charge in [0.15, 0.2) is 0 Å². The first-order chi connectivity index (χ1) is 9.26. The van der Waals surface area contributed by atoms with Crippen molar-refractivity contribution in [2.24, 2.45) is 5.18 Å². The summed E-state index contributed by atoms with van der Waals surface area (Å²) in [4.78, 5) is 15.8. The topological polar surface area (TPSA) is 35.9 Å². The average molecular weight is 259 g/mol. The van der Waals surface area contributed by atoms with E-state index in [1.807, 2.05) is 0 Å². The highest BCUT2D eigenvalue weighted by Crippen LogP contribution is 2.29. The van der Waals surface area contributed by atoms with Crippen molar-refractivity contribution < 1.29 is 0 Å². The number of benzene rings is 1. The van der Waals surface area contributed by atoms with Crippen molar-refractivity contribution in [3.8, 4) is 0 Å². The van der Waals surface area contributed by atoms with E-state index in [0.29, 0.717) is 12.1 Å². The van der Waals surface area contributed by atoms with Gasteiger partial charge in [0.2, 0.25) is 0 Å². The number of fused-ring (bicyclic) bond motifs is 2. The Morgan fingerprint density at radius 2 is 1.79 bits per heavy atom. The lowest BCUT2D eigenvalue weighted by Crippen LogP contribution is -2.61. The van der Waals surface area contributed by atoms with Gasteiger partial charge in [-0.2, -0.15) is 4.91 Å². The quantitative estimate of drug-likeness (QED) is 0.780. The van der Waals surface area contributed by atoms with Crippen molar-refractivity contribution in [3.05, 3.63) is 40.8 Å². The molecule has 1 aromatic rings. The van der Waals surface area contributed by atoms with Crippen LogP contribution in [0.25, 0.3) is 0 Å². The summed E-state index contributed by atoms with van der Waals surface area (Å²) in [5.41, 5.74) is 1.37. The maximum atomic E-state index is 10.8. The number of piperidine rings is 1. The largest absolute Gasteiger partial charge is 0.298 e. The Labute approximate surface area is 114 Å². The molecule has 0 N–H and O–H groups in total. The van der Waals surface area contributed by atoms with E-state index in [-0.39, 0.29) is 6.04 Å². The van der Waals surface area contributed by atoms with E-state index in [0.717, 1.165) is 32.5 Å². The molecule has 3 rings (SSSR count). The standard InChI is InChI=1S/C15H21N3O/c1-17-14-7-13(16-19)8-15(17)11-18(10-14)9-12-5-3-2-4-6-12/h2-6,13-15H,7-11H2,1H3. The summed E-state index contributed by atoms with van der Waals surface area (Å²) in [6, 6.07) is 11.6. The van der Waals surface area contributed by atoms with Gasteiger partial charge in [-0.25, -0.2) is 0 Å². The predicted octanol–water partition coefficient (Wildman–Crippen LogP) is 2.10. The summed E-state index contributed by atoms with van der Waals surface area (Å²) >= 11 is 0. The normalized spacial score (nSPS) is 32.2. The fourth-order valence-electron chi connectivity index (χ4n) is 3.49. The summed E-state index contributed by atoms with van der Waals surface area (Å²) in [7, 11) is 2.19. The second-order valence-electron chi connectivity index (χ2n) is 5.88. The molecule has 2 heterocycles. The van der Waals surface area contributed by atoms with Crippen LogP contribution in [0.15, 0.2) is 35.5 Å². The zero-order chi connectivity index (χ0) is 13.2. The minimum Gasteiger partial charge on any atom is -0.298 e. The van der Waals surface area contributed by atoms with Crippen LogP contribution < -0.4 is 0 Å². The highest BCUT2D eigenvalue weighted by molar-refractivity contribution is 5.15. The molecule has 0 radical (unpaired) electrons. The first kappa shape index (κ1) is 12.8. The molecule has 2 aliphatic rings. The van der Waals surface area contributed by atoms with E-state index in [1.54, 1.807) is 0 Å². The molecule has 0 aromatic heterocycles. The highest BCUT2D eigenvalue weighted by atomic mass is 16.3. The molecule has 2 aliphatic heterocycles. The van der Waals surface area contributed by atoms with E-state index in [4.69, 9.17) is 0 Å². The monoisotopic (exact) mass is 259 g/mol. The number of hydrogen-bond donors (Lipinski definition) is 0. The third kappa shape index (κ3) is 2.69. The molecule has 4 heteroatoms. The smallest absolute Gasteiger partial charge is 0.0950 e. The third-order valence-corrected chi connectivity index (χ3v) is 4.58. The minimum absolute atomic E-state index is 0.0325. The Morgan fingerprint density at radius 1 is 1.16 bits per heavy atom. The number of piperazine rings is 1. The van der Waals surface area contributed by atoms with E-state index in [2.05, 4.69) is 52.4 Å². The first-order valence-electron chi connectivity index (χ1n) is 7.07. The van der Waals surface area contributed by atoms with Crippen molar-refractivity contribution in [2.45, 2.75) is 37.5 Å². The van der Waals surface area contributed by atoms with Crippen LogP contribution in [0.5, 0.6) is 0 Å². The van der Waals surface area contributed by atoms with E-state index in [1.165, 1.54) is 5.56 Å². The van der Waals surface area contributed by atoms with Gasteiger partial charge in [-0.15, -0.1) is 0 Å². The second kappa shape index (κ2) is 5.39. The van der Waals surface area contributed by atoms with Gasteiger partial charge in [0.25, 0.3) is 0 Å². The summed E-state index contributed by atoms with van der Waals surface area (Å²) in [5.74, 6) is 0. The Hall–Kier alpha value is -1.26. The van der Waals surface area contributed by atoms with Crippen molar-refractivity contribution in [1.82, 2.24) is 9.80 Å². The van der Waals surface area contributed by atoms with Crippen LogP contribution in [0.1, 0.15) is 18.4 Å². The number of likely N-dealkylation sites (N-methyl/N-ethyl adjacent to an activating group) is 1. The number of hydrogen-bond acceptors (Lipinski definition) is 4. The maximum Gasteiger partial charge on any atom is 0.0950 e. The van der Waals surface area contributed by atoms with Crippen LogP contribution in [-0.4, -0.2) is 48.1 Å². The molecule has 0 amide bonds. The Balaban J connectivity index is 1.67. The van der Waals surface area contributed by atoms with E-state index < -0.39 is 0 Å². The Bertz CT molecular complexity index is 420. The van der Waals surface area contributed by atoms with Crippen LogP contribution in [0.4, 0.5) is 0 Å². The van der Waals surface area contributed by atoms with Crippen LogP contribution in [-0.2, 0) is 6.54 Å². The molecule has 4 nitrogen and oxygen atoms in total.